The molecular weight excluding hydrogens is 368 g/mol. The van der Waals surface area contributed by atoms with Crippen molar-refractivity contribution in [1.29, 1.82) is 0 Å². The van der Waals surface area contributed by atoms with Gasteiger partial charge in [-0.15, -0.1) is 0 Å². The number of nitrogens with one attached hydrogen (secondary N) is 2. The molecule has 1 atom stereocenters. The number of allylic oxidation sites excluding steroid dienone is 2. The number of hydrogen-bond acceptors (Lipinski definition) is 7. The van der Waals surface area contributed by atoms with Crippen molar-refractivity contribution in [2.75, 3.05) is 45.8 Å². The van der Waals surface area contributed by atoms with Gasteiger partial charge < -0.3 is 25.2 Å². The molecule has 2 aromatic rings. The van der Waals surface area contributed by atoms with Crippen LogP contribution in [-0.4, -0.2) is 61.6 Å². The van der Waals surface area contributed by atoms with Crippen LogP contribution >= 0.6 is 0 Å². The van der Waals surface area contributed by atoms with E-state index < -0.39 is 6.10 Å². The van der Waals surface area contributed by atoms with E-state index in [1.807, 2.05) is 30.3 Å². The Kier molecular flexibility index (Phi) is 7.98. The highest BCUT2D eigenvalue weighted by atomic mass is 16.5. The average Bonchev–Trinajstić information content (AvgIpc) is 3.28. The van der Waals surface area contributed by atoms with Crippen molar-refractivity contribution in [3.63, 3.8) is 0 Å². The Labute approximate surface area is 172 Å². The monoisotopic (exact) mass is 398 g/mol. The summed E-state index contributed by atoms with van der Waals surface area (Å²) in [5.41, 5.74) is 3.11. The lowest BCUT2D eigenvalue weighted by atomic mass is 10.1. The van der Waals surface area contributed by atoms with E-state index in [0.717, 1.165) is 29.9 Å². The van der Waals surface area contributed by atoms with Crippen LogP contribution in [-0.2, 0) is 4.74 Å². The molecule has 7 heteroatoms. The van der Waals surface area contributed by atoms with Crippen LogP contribution in [0.5, 0.6) is 5.75 Å². The molecule has 0 spiro atoms. The first-order valence-corrected chi connectivity index (χ1v) is 10.1. The third-order valence-electron chi connectivity index (χ3n) is 4.68. The number of methoxy groups -OCH3 is 1. The molecule has 0 amide bonds. The van der Waals surface area contributed by atoms with Crippen molar-refractivity contribution in [2.24, 2.45) is 0 Å². The molecule has 0 bridgehead atoms. The van der Waals surface area contributed by atoms with Crippen LogP contribution in [0.15, 0.2) is 36.4 Å². The number of nitrogens with zero attached hydrogens (tertiary/aromatic N) is 2. The van der Waals surface area contributed by atoms with Crippen molar-refractivity contribution in [3.05, 3.63) is 42.1 Å². The number of benzene rings is 1. The summed E-state index contributed by atoms with van der Waals surface area (Å²) >= 11 is 0. The minimum Gasteiger partial charge on any atom is -0.491 e. The molecule has 0 fully saturated rings. The van der Waals surface area contributed by atoms with E-state index in [0.29, 0.717) is 31.3 Å². The fraction of sp³-hybridized carbons (Fsp3) is 0.455. The third kappa shape index (κ3) is 6.25. The highest BCUT2D eigenvalue weighted by Gasteiger charge is 2.14. The number of anilines is 1. The number of aliphatic hydroxyl groups is 1. The van der Waals surface area contributed by atoms with Gasteiger partial charge in [-0.1, -0.05) is 18.2 Å². The maximum Gasteiger partial charge on any atom is 0.162 e. The summed E-state index contributed by atoms with van der Waals surface area (Å²) in [7, 11) is 3.48. The minimum absolute atomic E-state index is 0.224. The molecule has 0 saturated carbocycles. The van der Waals surface area contributed by atoms with Crippen LogP contribution < -0.4 is 15.4 Å². The molecule has 0 saturated heterocycles. The van der Waals surface area contributed by atoms with Gasteiger partial charge in [0.15, 0.2) is 5.82 Å². The summed E-state index contributed by atoms with van der Waals surface area (Å²) in [6.07, 6.45) is 5.00. The molecule has 1 unspecified atom stereocenters. The van der Waals surface area contributed by atoms with Gasteiger partial charge in [-0.25, -0.2) is 9.97 Å². The number of hydrogen-bond donors (Lipinski definition) is 3. The van der Waals surface area contributed by atoms with E-state index in [1.54, 1.807) is 14.2 Å². The van der Waals surface area contributed by atoms with Gasteiger partial charge in [0.25, 0.3) is 0 Å². The lowest BCUT2D eigenvalue weighted by Crippen LogP contribution is -2.29. The molecule has 7 nitrogen and oxygen atoms in total. The molecule has 1 aromatic carbocycles. The number of aromatic nitrogens is 2. The van der Waals surface area contributed by atoms with Crippen molar-refractivity contribution in [1.82, 2.24) is 15.3 Å². The number of likely N-dealkylation sites (N-methyl/N-ethyl adjacent to an activating group) is 1. The topological polar surface area (TPSA) is 88.5 Å². The molecule has 1 aromatic heterocycles. The second-order valence-corrected chi connectivity index (χ2v) is 7.05. The van der Waals surface area contributed by atoms with Gasteiger partial charge in [0.2, 0.25) is 0 Å². The van der Waals surface area contributed by atoms with Crippen molar-refractivity contribution >= 4 is 11.4 Å². The molecule has 29 heavy (non-hydrogen) atoms. The van der Waals surface area contributed by atoms with E-state index in [-0.39, 0.29) is 6.61 Å². The lowest BCUT2D eigenvalue weighted by molar-refractivity contribution is 0.108. The highest BCUT2D eigenvalue weighted by Crippen LogP contribution is 2.30. The second kappa shape index (κ2) is 10.9. The zero-order chi connectivity index (χ0) is 20.5. The maximum absolute atomic E-state index is 9.86. The van der Waals surface area contributed by atoms with Crippen molar-refractivity contribution in [2.45, 2.75) is 25.4 Å². The van der Waals surface area contributed by atoms with Gasteiger partial charge in [-0.2, -0.15) is 0 Å². The zero-order valence-corrected chi connectivity index (χ0v) is 17.1. The van der Waals surface area contributed by atoms with Crippen LogP contribution in [0.4, 0.5) is 5.82 Å². The van der Waals surface area contributed by atoms with E-state index in [1.165, 1.54) is 12.0 Å². The Morgan fingerprint density at radius 2 is 2.14 bits per heavy atom. The zero-order valence-electron chi connectivity index (χ0n) is 17.1. The molecule has 1 heterocycles. The first kappa shape index (κ1) is 21.2. The smallest absolute Gasteiger partial charge is 0.162 e. The van der Waals surface area contributed by atoms with E-state index in [9.17, 15) is 5.11 Å². The Balaban J connectivity index is 1.83. The van der Waals surface area contributed by atoms with Gasteiger partial charge in [-0.3, -0.25) is 0 Å². The van der Waals surface area contributed by atoms with Crippen LogP contribution in [0.3, 0.4) is 0 Å². The predicted octanol–water partition coefficient (Wildman–Crippen LogP) is 2.73. The Hall–Kier alpha value is -2.48. The number of rotatable bonds is 11. The Bertz CT molecular complexity index is 825. The predicted molar refractivity (Wildman–Crippen MR) is 115 cm³/mol. The molecular formula is C22H30N4O3. The highest BCUT2D eigenvalue weighted by molar-refractivity contribution is 5.69. The number of ether oxygens (including phenoxy) is 2. The quantitative estimate of drug-likeness (QED) is 0.502. The fourth-order valence-corrected chi connectivity index (χ4v) is 3.23. The minimum atomic E-state index is -0.561. The SMILES string of the molecule is CNCC(O)COc1cccc(-c2nc(NCCOC)cc(C3=CCCC3)n2)c1. The summed E-state index contributed by atoms with van der Waals surface area (Å²) in [6.45, 7) is 1.99. The molecule has 0 radical (unpaired) electrons. The third-order valence-corrected chi connectivity index (χ3v) is 4.68. The summed E-state index contributed by atoms with van der Waals surface area (Å²) in [6, 6.07) is 9.67. The largest absolute Gasteiger partial charge is 0.491 e. The van der Waals surface area contributed by atoms with Crippen molar-refractivity contribution < 1.29 is 14.6 Å². The second-order valence-electron chi connectivity index (χ2n) is 7.05. The summed E-state index contributed by atoms with van der Waals surface area (Å²) < 4.78 is 10.9. The standard InChI is InChI=1S/C22H30N4O3/c1-23-14-18(27)15-29-19-9-5-8-17(12-19)22-25-20(16-6-3-4-7-16)13-21(26-22)24-10-11-28-2/h5-6,8-9,12-13,18,23,27H,3-4,7,10-11,14-15H2,1-2H3,(H,24,25,26). The maximum atomic E-state index is 9.86. The van der Waals surface area contributed by atoms with Gasteiger partial charge in [-0.05, 0) is 44.0 Å². The first-order valence-electron chi connectivity index (χ1n) is 10.1. The number of aliphatic hydroxyl groups excluding tert-OH is 1. The molecule has 1 aliphatic carbocycles. The fourth-order valence-electron chi connectivity index (χ4n) is 3.23. The molecule has 156 valence electrons. The normalized spacial score (nSPS) is 14.5. The van der Waals surface area contributed by atoms with E-state index in [4.69, 9.17) is 19.4 Å². The van der Waals surface area contributed by atoms with Crippen molar-refractivity contribution in [3.8, 4) is 17.1 Å². The van der Waals surface area contributed by atoms with Gasteiger partial charge in [0.05, 0.1) is 12.3 Å². The van der Waals surface area contributed by atoms with E-state index in [2.05, 4.69) is 16.7 Å². The van der Waals surface area contributed by atoms with E-state index >= 15 is 0 Å². The summed E-state index contributed by atoms with van der Waals surface area (Å²) in [5, 5.41) is 16.1. The molecule has 3 rings (SSSR count). The van der Waals surface area contributed by atoms with Crippen LogP contribution in [0, 0.1) is 0 Å². The lowest BCUT2D eigenvalue weighted by Gasteiger charge is -2.13. The van der Waals surface area contributed by atoms with Crippen LogP contribution in [0.1, 0.15) is 25.0 Å². The van der Waals surface area contributed by atoms with Crippen LogP contribution in [0.25, 0.3) is 17.0 Å². The Morgan fingerprint density at radius 3 is 2.90 bits per heavy atom. The van der Waals surface area contributed by atoms with Gasteiger partial charge in [0, 0.05) is 31.8 Å². The van der Waals surface area contributed by atoms with Gasteiger partial charge in [0.1, 0.15) is 24.3 Å². The average molecular weight is 399 g/mol. The molecule has 1 aliphatic rings. The molecule has 3 N–H and O–H groups in total. The van der Waals surface area contributed by atoms with Crippen LogP contribution in [0.2, 0.25) is 0 Å². The summed E-state index contributed by atoms with van der Waals surface area (Å²) in [5.74, 6) is 2.11. The summed E-state index contributed by atoms with van der Waals surface area (Å²) in [4.78, 5) is 9.51. The first-order chi connectivity index (χ1) is 14.2. The molecule has 0 aliphatic heterocycles. The Morgan fingerprint density at radius 1 is 1.24 bits per heavy atom. The van der Waals surface area contributed by atoms with Gasteiger partial charge >= 0.3 is 0 Å².